The number of nitrogens with one attached hydrogen (secondary N) is 1. The minimum atomic E-state index is -3.80. The number of nitrogens with zero attached hydrogens (tertiary/aromatic N) is 1. The van der Waals surface area contributed by atoms with Gasteiger partial charge in [-0.2, -0.15) is 0 Å². The van der Waals surface area contributed by atoms with Gasteiger partial charge >= 0.3 is 5.97 Å². The topological polar surface area (TPSA) is 92.8 Å². The van der Waals surface area contributed by atoms with Crippen LogP contribution in [0.2, 0.25) is 0 Å². The quantitative estimate of drug-likeness (QED) is 0.687. The van der Waals surface area contributed by atoms with E-state index in [1.54, 1.807) is 40.7 Å². The van der Waals surface area contributed by atoms with Crippen LogP contribution in [0.15, 0.2) is 23.1 Å². The molecule has 1 aromatic rings. The number of carbonyl (C=O) groups excluding carboxylic acids is 2. The maximum absolute atomic E-state index is 12.8. The highest BCUT2D eigenvalue weighted by Gasteiger charge is 2.31. The molecule has 2 unspecified atom stereocenters. The van der Waals surface area contributed by atoms with Crippen LogP contribution in [-0.2, 0) is 19.6 Å². The highest BCUT2D eigenvalue weighted by Crippen LogP contribution is 2.22. The molecule has 1 amide bonds. The van der Waals surface area contributed by atoms with Crippen LogP contribution < -0.4 is 4.72 Å². The normalized spacial score (nSPS) is 18.7. The van der Waals surface area contributed by atoms with E-state index in [0.29, 0.717) is 12.1 Å². The van der Waals surface area contributed by atoms with E-state index in [1.807, 2.05) is 11.8 Å². The zero-order valence-electron chi connectivity index (χ0n) is 18.8. The van der Waals surface area contributed by atoms with Crippen LogP contribution in [0, 0.1) is 6.92 Å². The largest absolute Gasteiger partial charge is 0.449 e. The van der Waals surface area contributed by atoms with Crippen molar-refractivity contribution < 1.29 is 22.7 Å². The fourth-order valence-electron chi connectivity index (χ4n) is 3.67. The van der Waals surface area contributed by atoms with E-state index >= 15 is 0 Å². The molecule has 1 fully saturated rings. The Kier molecular flexibility index (Phi) is 7.69. The van der Waals surface area contributed by atoms with Crippen molar-refractivity contribution in [2.75, 3.05) is 6.54 Å². The van der Waals surface area contributed by atoms with Crippen molar-refractivity contribution >= 4 is 21.9 Å². The average Bonchev–Trinajstić information content (AvgIpc) is 2.65. The lowest BCUT2D eigenvalue weighted by Crippen LogP contribution is -2.48. The standard InChI is InChI=1S/C22H34N2O5S/c1-7-17-10-8-9-13-24(17)20(25)16(3)29-21(26)19-14-18(12-11-15(19)2)30(27,28)23-22(4,5)6/h11-12,14,16-17,23H,7-10,13H2,1-6H3. The van der Waals surface area contributed by atoms with E-state index in [9.17, 15) is 18.0 Å². The van der Waals surface area contributed by atoms with Crippen LogP contribution in [0.1, 0.15) is 76.2 Å². The number of amides is 1. The summed E-state index contributed by atoms with van der Waals surface area (Å²) in [5.41, 5.74) is 0.0613. The van der Waals surface area contributed by atoms with Gasteiger partial charge in [0.05, 0.1) is 10.5 Å². The van der Waals surface area contributed by atoms with E-state index in [2.05, 4.69) is 4.72 Å². The number of aryl methyl sites for hydroxylation is 1. The third-order valence-electron chi connectivity index (χ3n) is 5.19. The number of carbonyl (C=O) groups is 2. The van der Waals surface area contributed by atoms with Gasteiger partial charge in [0.2, 0.25) is 10.0 Å². The lowest BCUT2D eigenvalue weighted by atomic mass is 9.99. The first-order chi connectivity index (χ1) is 13.9. The molecule has 0 radical (unpaired) electrons. The van der Waals surface area contributed by atoms with Crippen molar-refractivity contribution in [3.05, 3.63) is 29.3 Å². The third-order valence-corrected chi connectivity index (χ3v) is 6.95. The van der Waals surface area contributed by atoms with E-state index in [-0.39, 0.29) is 22.4 Å². The van der Waals surface area contributed by atoms with Gasteiger partial charge in [0.15, 0.2) is 6.10 Å². The van der Waals surface area contributed by atoms with Gasteiger partial charge in [0, 0.05) is 18.1 Å². The van der Waals surface area contributed by atoms with Crippen LogP contribution >= 0.6 is 0 Å². The minimum Gasteiger partial charge on any atom is -0.449 e. The van der Waals surface area contributed by atoms with Gasteiger partial charge in [-0.1, -0.05) is 13.0 Å². The van der Waals surface area contributed by atoms with Gasteiger partial charge in [0.25, 0.3) is 5.91 Å². The Morgan fingerprint density at radius 3 is 2.53 bits per heavy atom. The van der Waals surface area contributed by atoms with Crippen molar-refractivity contribution in [2.24, 2.45) is 0 Å². The number of benzene rings is 1. The molecule has 7 nitrogen and oxygen atoms in total. The summed E-state index contributed by atoms with van der Waals surface area (Å²) in [5, 5.41) is 0. The monoisotopic (exact) mass is 438 g/mol. The molecule has 1 saturated heterocycles. The molecular weight excluding hydrogens is 404 g/mol. The summed E-state index contributed by atoms with van der Waals surface area (Å²) in [6.45, 7) is 11.2. The average molecular weight is 439 g/mol. The van der Waals surface area contributed by atoms with Gasteiger partial charge in [-0.3, -0.25) is 4.79 Å². The number of rotatable bonds is 6. The zero-order valence-corrected chi connectivity index (χ0v) is 19.6. The molecule has 0 bridgehead atoms. The number of sulfonamides is 1. The summed E-state index contributed by atoms with van der Waals surface area (Å²) in [4.78, 5) is 27.4. The van der Waals surface area contributed by atoms with Gasteiger partial charge in [-0.05, 0) is 78.0 Å². The Morgan fingerprint density at radius 2 is 1.93 bits per heavy atom. The predicted molar refractivity (Wildman–Crippen MR) is 116 cm³/mol. The second-order valence-corrected chi connectivity index (χ2v) is 10.7. The van der Waals surface area contributed by atoms with Crippen LogP contribution in [0.4, 0.5) is 0 Å². The Hall–Kier alpha value is -1.93. The molecule has 1 N–H and O–H groups in total. The molecule has 0 spiro atoms. The second kappa shape index (κ2) is 9.47. The smallest absolute Gasteiger partial charge is 0.339 e. The van der Waals surface area contributed by atoms with Gasteiger partial charge in [0.1, 0.15) is 0 Å². The van der Waals surface area contributed by atoms with Crippen LogP contribution in [0.5, 0.6) is 0 Å². The molecule has 1 heterocycles. The number of esters is 1. The third kappa shape index (κ3) is 6.04. The lowest BCUT2D eigenvalue weighted by molar-refractivity contribution is -0.143. The molecule has 0 aliphatic carbocycles. The number of likely N-dealkylation sites (tertiary alicyclic amines) is 1. The molecular formula is C22H34N2O5S. The Labute approximate surface area is 180 Å². The maximum Gasteiger partial charge on any atom is 0.339 e. The second-order valence-electron chi connectivity index (χ2n) is 8.97. The van der Waals surface area contributed by atoms with Crippen LogP contribution in [0.3, 0.4) is 0 Å². The first-order valence-corrected chi connectivity index (χ1v) is 12.0. The molecule has 168 valence electrons. The Bertz CT molecular complexity index is 889. The minimum absolute atomic E-state index is 0.0176. The first kappa shape index (κ1) is 24.3. The fourth-order valence-corrected chi connectivity index (χ4v) is 5.12. The highest BCUT2D eigenvalue weighted by molar-refractivity contribution is 7.89. The maximum atomic E-state index is 12.8. The van der Waals surface area contributed by atoms with E-state index < -0.39 is 27.6 Å². The molecule has 2 rings (SSSR count). The Morgan fingerprint density at radius 1 is 1.27 bits per heavy atom. The molecule has 1 aromatic carbocycles. The van der Waals surface area contributed by atoms with Crippen molar-refractivity contribution in [2.45, 2.75) is 89.8 Å². The number of hydrogen-bond acceptors (Lipinski definition) is 5. The number of ether oxygens (including phenoxy) is 1. The fraction of sp³-hybridized carbons (Fsp3) is 0.636. The molecule has 0 aromatic heterocycles. The lowest BCUT2D eigenvalue weighted by Gasteiger charge is -2.36. The predicted octanol–water partition coefficient (Wildman–Crippen LogP) is 3.41. The molecule has 30 heavy (non-hydrogen) atoms. The van der Waals surface area contributed by atoms with E-state index in [1.165, 1.54) is 12.1 Å². The number of hydrogen-bond donors (Lipinski definition) is 1. The SMILES string of the molecule is CCC1CCCCN1C(=O)C(C)OC(=O)c1cc(S(=O)(=O)NC(C)(C)C)ccc1C. The van der Waals surface area contributed by atoms with E-state index in [0.717, 1.165) is 25.7 Å². The van der Waals surface area contributed by atoms with Crippen molar-refractivity contribution in [3.8, 4) is 0 Å². The summed E-state index contributed by atoms with van der Waals surface area (Å²) in [7, 11) is -3.80. The highest BCUT2D eigenvalue weighted by atomic mass is 32.2. The molecule has 8 heteroatoms. The molecule has 0 saturated carbocycles. The van der Waals surface area contributed by atoms with Gasteiger partial charge in [-0.15, -0.1) is 0 Å². The summed E-state index contributed by atoms with van der Waals surface area (Å²) in [6.07, 6.45) is 2.94. The summed E-state index contributed by atoms with van der Waals surface area (Å²) >= 11 is 0. The molecule has 1 aliphatic heterocycles. The first-order valence-electron chi connectivity index (χ1n) is 10.5. The van der Waals surface area contributed by atoms with Gasteiger partial charge < -0.3 is 9.64 Å². The van der Waals surface area contributed by atoms with Crippen molar-refractivity contribution in [3.63, 3.8) is 0 Å². The van der Waals surface area contributed by atoms with Crippen LogP contribution in [-0.4, -0.2) is 49.4 Å². The zero-order chi connectivity index (χ0) is 22.7. The van der Waals surface area contributed by atoms with Crippen LogP contribution in [0.25, 0.3) is 0 Å². The molecule has 1 aliphatic rings. The van der Waals surface area contributed by atoms with Crippen molar-refractivity contribution in [1.29, 1.82) is 0 Å². The number of piperidine rings is 1. The Balaban J connectivity index is 2.19. The van der Waals surface area contributed by atoms with Crippen molar-refractivity contribution in [1.82, 2.24) is 9.62 Å². The van der Waals surface area contributed by atoms with Gasteiger partial charge in [-0.25, -0.2) is 17.9 Å². The van der Waals surface area contributed by atoms with E-state index in [4.69, 9.17) is 4.74 Å². The molecule has 2 atom stereocenters. The summed E-state index contributed by atoms with van der Waals surface area (Å²) < 4.78 is 33.3. The summed E-state index contributed by atoms with van der Waals surface area (Å²) in [5.74, 6) is -0.906. The summed E-state index contributed by atoms with van der Waals surface area (Å²) in [6, 6.07) is 4.50.